The highest BCUT2D eigenvalue weighted by Crippen LogP contribution is 2.47. The van der Waals surface area contributed by atoms with Gasteiger partial charge in [0.15, 0.2) is 0 Å². The molecule has 1 nitrogen and oxygen atoms in total. The van der Waals surface area contributed by atoms with E-state index in [1.54, 1.807) is 0 Å². The second kappa shape index (κ2) is 11.9. The van der Waals surface area contributed by atoms with Gasteiger partial charge >= 0.3 is 0 Å². The van der Waals surface area contributed by atoms with Crippen LogP contribution < -0.4 is 0 Å². The van der Waals surface area contributed by atoms with Crippen LogP contribution in [0.3, 0.4) is 0 Å². The van der Waals surface area contributed by atoms with Gasteiger partial charge in [-0.2, -0.15) is 0 Å². The molecule has 0 aliphatic heterocycles. The first-order valence-electron chi connectivity index (χ1n) is 19.4. The van der Waals surface area contributed by atoms with Crippen LogP contribution in [0.2, 0.25) is 0 Å². The van der Waals surface area contributed by atoms with Crippen molar-refractivity contribution in [1.29, 1.82) is 0 Å². The molecule has 0 saturated carbocycles. The van der Waals surface area contributed by atoms with E-state index in [0.717, 1.165) is 16.6 Å². The number of hydrogen-bond acceptors (Lipinski definition) is 3. The molecule has 10 aromatic carbocycles. The average molecular weight is 759 g/mol. The number of benzene rings is 10. The fraction of sp³-hybridized carbons (Fsp3) is 0. The summed E-state index contributed by atoms with van der Waals surface area (Å²) in [5.74, 6) is 0. The van der Waals surface area contributed by atoms with Crippen LogP contribution in [0, 0.1) is 0 Å². The molecule has 0 amide bonds. The Bertz CT molecular complexity index is 3750. The fourth-order valence-corrected chi connectivity index (χ4v) is 11.8. The Hall–Kier alpha value is -6.78. The Balaban J connectivity index is 0.927. The Morgan fingerprint density at radius 1 is 0.316 bits per heavy atom. The van der Waals surface area contributed by atoms with Gasteiger partial charge in [0.2, 0.25) is 0 Å². The van der Waals surface area contributed by atoms with E-state index >= 15 is 0 Å². The summed E-state index contributed by atoms with van der Waals surface area (Å²) in [5, 5.41) is 15.1. The van der Waals surface area contributed by atoms with Crippen LogP contribution in [0.4, 0.5) is 0 Å². The Morgan fingerprint density at radius 3 is 1.56 bits per heavy atom. The smallest absolute Gasteiger partial charge is 0.143 e. The number of furan rings is 1. The quantitative estimate of drug-likeness (QED) is 0.164. The van der Waals surface area contributed by atoms with Gasteiger partial charge in [0, 0.05) is 56.5 Å². The lowest BCUT2D eigenvalue weighted by Crippen LogP contribution is -1.91. The molecule has 264 valence electrons. The van der Waals surface area contributed by atoms with E-state index in [4.69, 9.17) is 4.42 Å². The van der Waals surface area contributed by atoms with Crippen molar-refractivity contribution in [2.45, 2.75) is 0 Å². The first kappa shape index (κ1) is 31.4. The van der Waals surface area contributed by atoms with Gasteiger partial charge in [0.1, 0.15) is 11.2 Å². The average Bonchev–Trinajstić information content (AvgIpc) is 3.96. The molecule has 0 aliphatic rings. The van der Waals surface area contributed by atoms with Gasteiger partial charge in [0.25, 0.3) is 0 Å². The van der Waals surface area contributed by atoms with Crippen molar-refractivity contribution in [1.82, 2.24) is 0 Å². The highest BCUT2D eigenvalue weighted by Gasteiger charge is 2.19. The SMILES string of the molecule is c1ccc2c(c1)sc1ccc(-c3c4ccccc4c(-c4ccc(-c5ccc6c(ccc7c6oc6ccc8c9ccccc9sc8c67)c5)cc4)c4ccccc34)cc12. The lowest BCUT2D eigenvalue weighted by atomic mass is 9.85. The molecule has 0 fully saturated rings. The summed E-state index contributed by atoms with van der Waals surface area (Å²) in [6.07, 6.45) is 0. The summed E-state index contributed by atoms with van der Waals surface area (Å²) in [6, 6.07) is 67.2. The number of fused-ring (bicyclic) bond motifs is 14. The molecule has 13 aromatic rings. The topological polar surface area (TPSA) is 13.1 Å². The van der Waals surface area contributed by atoms with Crippen molar-refractivity contribution >= 4 is 117 Å². The summed E-state index contributed by atoms with van der Waals surface area (Å²) in [5.41, 5.74) is 9.33. The molecule has 0 N–H and O–H groups in total. The normalized spacial score (nSPS) is 12.2. The maximum absolute atomic E-state index is 6.63. The molecular weight excluding hydrogens is 729 g/mol. The lowest BCUT2D eigenvalue weighted by molar-refractivity contribution is 0.673. The van der Waals surface area contributed by atoms with Crippen molar-refractivity contribution in [3.63, 3.8) is 0 Å². The molecule has 0 aliphatic carbocycles. The largest absolute Gasteiger partial charge is 0.455 e. The van der Waals surface area contributed by atoms with Gasteiger partial charge in [-0.3, -0.25) is 0 Å². The summed E-state index contributed by atoms with van der Waals surface area (Å²) < 4.78 is 11.9. The van der Waals surface area contributed by atoms with Crippen molar-refractivity contribution in [3.8, 4) is 33.4 Å². The van der Waals surface area contributed by atoms with Gasteiger partial charge in [-0.1, -0.05) is 127 Å². The Kier molecular flexibility index (Phi) is 6.54. The lowest BCUT2D eigenvalue weighted by Gasteiger charge is -2.18. The summed E-state index contributed by atoms with van der Waals surface area (Å²) in [7, 11) is 0. The van der Waals surface area contributed by atoms with Crippen molar-refractivity contribution in [2.75, 3.05) is 0 Å². The van der Waals surface area contributed by atoms with E-state index in [-0.39, 0.29) is 0 Å². The first-order chi connectivity index (χ1) is 28.2. The monoisotopic (exact) mass is 758 g/mol. The van der Waals surface area contributed by atoms with Crippen molar-refractivity contribution in [2.24, 2.45) is 0 Å². The molecule has 13 rings (SSSR count). The number of hydrogen-bond donors (Lipinski definition) is 0. The van der Waals surface area contributed by atoms with Gasteiger partial charge in [-0.25, -0.2) is 0 Å². The fourth-order valence-electron chi connectivity index (χ4n) is 9.47. The molecule has 0 bridgehead atoms. The predicted molar refractivity (Wildman–Crippen MR) is 248 cm³/mol. The molecule has 3 aromatic heterocycles. The zero-order chi connectivity index (χ0) is 37.2. The molecule has 0 saturated heterocycles. The molecule has 3 heterocycles. The molecule has 0 spiro atoms. The van der Waals surface area contributed by atoms with E-state index in [1.165, 1.54) is 111 Å². The van der Waals surface area contributed by atoms with E-state index in [9.17, 15) is 0 Å². The highest BCUT2D eigenvalue weighted by molar-refractivity contribution is 7.27. The van der Waals surface area contributed by atoms with Gasteiger partial charge in [-0.05, 0) is 115 Å². The van der Waals surface area contributed by atoms with Crippen LogP contribution in [0.1, 0.15) is 0 Å². The van der Waals surface area contributed by atoms with Crippen molar-refractivity contribution < 1.29 is 4.42 Å². The third-order valence-electron chi connectivity index (χ3n) is 12.1. The minimum Gasteiger partial charge on any atom is -0.455 e. The predicted octanol–water partition coefficient (Wildman–Crippen LogP) is 16.8. The first-order valence-corrected chi connectivity index (χ1v) is 21.0. The maximum Gasteiger partial charge on any atom is 0.143 e. The van der Waals surface area contributed by atoms with Crippen molar-refractivity contribution in [3.05, 3.63) is 182 Å². The van der Waals surface area contributed by atoms with Crippen LogP contribution in [-0.4, -0.2) is 0 Å². The maximum atomic E-state index is 6.63. The zero-order valence-corrected chi connectivity index (χ0v) is 32.2. The summed E-state index contributed by atoms with van der Waals surface area (Å²) in [4.78, 5) is 0. The molecule has 0 radical (unpaired) electrons. The van der Waals surface area contributed by atoms with Gasteiger partial charge < -0.3 is 4.42 Å². The van der Waals surface area contributed by atoms with Crippen LogP contribution in [0.15, 0.2) is 186 Å². The highest BCUT2D eigenvalue weighted by atomic mass is 32.1. The van der Waals surface area contributed by atoms with E-state index in [1.807, 2.05) is 22.7 Å². The van der Waals surface area contributed by atoms with E-state index in [0.29, 0.717) is 0 Å². The van der Waals surface area contributed by atoms with Gasteiger partial charge in [0.05, 0.1) is 0 Å². The Labute approximate surface area is 335 Å². The zero-order valence-electron chi connectivity index (χ0n) is 30.5. The van der Waals surface area contributed by atoms with E-state index in [2.05, 4.69) is 182 Å². The molecule has 0 unspecified atom stereocenters. The van der Waals surface area contributed by atoms with Crippen LogP contribution in [0.25, 0.3) is 128 Å². The molecule has 3 heteroatoms. The summed E-state index contributed by atoms with van der Waals surface area (Å²) in [6.45, 7) is 0. The second-order valence-corrected chi connectivity index (χ2v) is 17.3. The third-order valence-corrected chi connectivity index (χ3v) is 14.4. The van der Waals surface area contributed by atoms with Crippen LogP contribution in [-0.2, 0) is 0 Å². The van der Waals surface area contributed by atoms with Gasteiger partial charge in [-0.15, -0.1) is 22.7 Å². The summed E-state index contributed by atoms with van der Waals surface area (Å²) >= 11 is 3.73. The van der Waals surface area contributed by atoms with Crippen LogP contribution in [0.5, 0.6) is 0 Å². The minimum atomic E-state index is 0.946. The molecular formula is C54H30OS2. The molecule has 57 heavy (non-hydrogen) atoms. The van der Waals surface area contributed by atoms with Crippen LogP contribution >= 0.6 is 22.7 Å². The molecule has 0 atom stereocenters. The third kappa shape index (κ3) is 4.56. The van der Waals surface area contributed by atoms with E-state index < -0.39 is 0 Å². The second-order valence-electron chi connectivity index (χ2n) is 15.1. The minimum absolute atomic E-state index is 0.946. The standard InChI is InChI=1S/C54H30OS2/c1-3-13-41-39(11-1)50(40-12-2-4-14-42(40)51(41)35-23-28-49-45(30-35)38-10-6-7-15-47(38)56-49)32-19-17-31(18-20-32)33-21-24-36-34(29-33)22-25-44-52-46(55-53(36)44)27-26-43-37-9-5-8-16-48(37)57-54(43)52/h1-30H. The Morgan fingerprint density at radius 2 is 0.842 bits per heavy atom. The number of rotatable bonds is 3. The number of thiophene rings is 2.